The summed E-state index contributed by atoms with van der Waals surface area (Å²) in [4.78, 5) is 4.43. The van der Waals surface area contributed by atoms with Gasteiger partial charge in [0.1, 0.15) is 0 Å². The summed E-state index contributed by atoms with van der Waals surface area (Å²) in [6, 6.07) is 4.12. The summed E-state index contributed by atoms with van der Waals surface area (Å²) in [6.45, 7) is 4.40. The van der Waals surface area contributed by atoms with E-state index in [0.29, 0.717) is 5.92 Å². The summed E-state index contributed by atoms with van der Waals surface area (Å²) in [7, 11) is 0. The minimum Gasteiger partial charge on any atom is -0.392 e. The number of rotatable bonds is 4. The second kappa shape index (κ2) is 4.96. The maximum atomic E-state index is 10.2. The van der Waals surface area contributed by atoms with Gasteiger partial charge < -0.3 is 5.11 Å². The van der Waals surface area contributed by atoms with Crippen molar-refractivity contribution in [3.63, 3.8) is 0 Å². The third kappa shape index (κ3) is 2.43. The maximum Gasteiger partial charge on any atom is 0.0624 e. The molecule has 1 aliphatic rings. The number of aryl methyl sites for hydroxylation is 1. The second-order valence-corrected chi connectivity index (χ2v) is 5.23. The van der Waals surface area contributed by atoms with E-state index in [1.165, 1.54) is 5.56 Å². The Hall–Kier alpha value is -0.890. The summed E-state index contributed by atoms with van der Waals surface area (Å²) in [5.74, 6) is 0.939. The molecule has 2 heteroatoms. The molecule has 1 aromatic rings. The molecule has 0 saturated carbocycles. The van der Waals surface area contributed by atoms with Crippen LogP contribution in [0.5, 0.6) is 0 Å². The number of fused-ring (bicyclic) bond motifs is 1. The molecule has 0 amide bonds. The van der Waals surface area contributed by atoms with Crippen LogP contribution in [0.1, 0.15) is 50.3 Å². The normalized spacial score (nSPS) is 21.1. The first-order valence-electron chi connectivity index (χ1n) is 6.30. The molecule has 0 spiro atoms. The van der Waals surface area contributed by atoms with Gasteiger partial charge in [-0.1, -0.05) is 19.9 Å². The molecule has 1 aliphatic carbocycles. The molecule has 0 aliphatic heterocycles. The fourth-order valence-electron chi connectivity index (χ4n) is 2.52. The lowest BCUT2D eigenvalue weighted by atomic mass is 9.93. The summed E-state index contributed by atoms with van der Waals surface area (Å²) in [5.41, 5.74) is 2.47. The Morgan fingerprint density at radius 3 is 3.00 bits per heavy atom. The van der Waals surface area contributed by atoms with E-state index < -0.39 is 0 Å². The van der Waals surface area contributed by atoms with Gasteiger partial charge in [-0.25, -0.2) is 0 Å². The zero-order valence-corrected chi connectivity index (χ0v) is 10.2. The van der Waals surface area contributed by atoms with Gasteiger partial charge in [-0.2, -0.15) is 0 Å². The van der Waals surface area contributed by atoms with E-state index in [1.54, 1.807) is 0 Å². The molecular weight excluding hydrogens is 198 g/mol. The van der Waals surface area contributed by atoms with Crippen molar-refractivity contribution in [3.05, 3.63) is 29.6 Å². The smallest absolute Gasteiger partial charge is 0.0624 e. The highest BCUT2D eigenvalue weighted by Crippen LogP contribution is 2.35. The fourth-order valence-corrected chi connectivity index (χ4v) is 2.52. The van der Waals surface area contributed by atoms with Crippen molar-refractivity contribution < 1.29 is 5.11 Å². The number of pyridine rings is 1. The van der Waals surface area contributed by atoms with E-state index in [1.807, 2.05) is 12.3 Å². The number of nitrogens with zero attached hydrogens (tertiary/aromatic N) is 1. The van der Waals surface area contributed by atoms with E-state index in [2.05, 4.69) is 24.9 Å². The molecule has 2 unspecified atom stereocenters. The Labute approximate surface area is 97.7 Å². The molecule has 0 bridgehead atoms. The molecule has 16 heavy (non-hydrogen) atoms. The van der Waals surface area contributed by atoms with Gasteiger partial charge in [0.2, 0.25) is 0 Å². The lowest BCUT2D eigenvalue weighted by Gasteiger charge is -2.19. The Balaban J connectivity index is 2.01. The van der Waals surface area contributed by atoms with E-state index in [4.69, 9.17) is 0 Å². The van der Waals surface area contributed by atoms with Crippen molar-refractivity contribution in [2.45, 2.75) is 51.6 Å². The molecule has 88 valence electrons. The van der Waals surface area contributed by atoms with Crippen molar-refractivity contribution in [2.24, 2.45) is 5.92 Å². The molecule has 0 aromatic carbocycles. The van der Waals surface area contributed by atoms with Crippen LogP contribution >= 0.6 is 0 Å². The zero-order valence-electron chi connectivity index (χ0n) is 10.2. The molecule has 1 aromatic heterocycles. The first kappa shape index (κ1) is 11.6. The quantitative estimate of drug-likeness (QED) is 0.844. The standard InChI is InChI=1S/C14H21NO/c1-10(2)5-8-13(16)12-7-6-11-4-3-9-15-14(11)12/h3-4,9-10,12-13,16H,5-8H2,1-2H3. The summed E-state index contributed by atoms with van der Waals surface area (Å²) < 4.78 is 0. The molecule has 2 atom stereocenters. The van der Waals surface area contributed by atoms with E-state index in [-0.39, 0.29) is 12.0 Å². The lowest BCUT2D eigenvalue weighted by Crippen LogP contribution is -2.17. The van der Waals surface area contributed by atoms with Gasteiger partial charge in [-0.15, -0.1) is 0 Å². The first-order chi connectivity index (χ1) is 7.68. The number of aromatic nitrogens is 1. The highest BCUT2D eigenvalue weighted by atomic mass is 16.3. The van der Waals surface area contributed by atoms with Crippen LogP contribution in [0.3, 0.4) is 0 Å². The minimum absolute atomic E-state index is 0.210. The van der Waals surface area contributed by atoms with E-state index in [9.17, 15) is 5.11 Å². The molecule has 2 rings (SSSR count). The number of hydrogen-bond donors (Lipinski definition) is 1. The van der Waals surface area contributed by atoms with Crippen LogP contribution in [0.25, 0.3) is 0 Å². The molecule has 0 fully saturated rings. The van der Waals surface area contributed by atoms with Crippen molar-refractivity contribution in [1.29, 1.82) is 0 Å². The zero-order chi connectivity index (χ0) is 11.5. The Morgan fingerprint density at radius 2 is 2.25 bits per heavy atom. The van der Waals surface area contributed by atoms with Crippen LogP contribution in [0.15, 0.2) is 18.3 Å². The average Bonchev–Trinajstić information content (AvgIpc) is 2.69. The number of aliphatic hydroxyl groups excluding tert-OH is 1. The van der Waals surface area contributed by atoms with Crippen molar-refractivity contribution in [2.75, 3.05) is 0 Å². The predicted octanol–water partition coefficient (Wildman–Crippen LogP) is 2.91. The third-order valence-corrected chi connectivity index (χ3v) is 3.51. The highest BCUT2D eigenvalue weighted by Gasteiger charge is 2.29. The van der Waals surface area contributed by atoms with Crippen molar-refractivity contribution in [3.8, 4) is 0 Å². The topological polar surface area (TPSA) is 33.1 Å². The number of aliphatic hydroxyl groups is 1. The van der Waals surface area contributed by atoms with Crippen LogP contribution in [0.2, 0.25) is 0 Å². The van der Waals surface area contributed by atoms with Crippen LogP contribution < -0.4 is 0 Å². The first-order valence-corrected chi connectivity index (χ1v) is 6.30. The van der Waals surface area contributed by atoms with Crippen molar-refractivity contribution in [1.82, 2.24) is 4.98 Å². The minimum atomic E-state index is -0.210. The van der Waals surface area contributed by atoms with Crippen LogP contribution in [-0.2, 0) is 6.42 Å². The second-order valence-electron chi connectivity index (χ2n) is 5.23. The number of hydrogen-bond acceptors (Lipinski definition) is 2. The maximum absolute atomic E-state index is 10.2. The molecular formula is C14H21NO. The summed E-state index contributed by atoms with van der Waals surface area (Å²) >= 11 is 0. The highest BCUT2D eigenvalue weighted by molar-refractivity contribution is 5.29. The van der Waals surface area contributed by atoms with Gasteiger partial charge >= 0.3 is 0 Å². The van der Waals surface area contributed by atoms with Gasteiger partial charge in [-0.3, -0.25) is 4.98 Å². The molecule has 2 nitrogen and oxygen atoms in total. The molecule has 1 N–H and O–H groups in total. The Bertz CT molecular complexity index is 348. The molecule has 0 radical (unpaired) electrons. The summed E-state index contributed by atoms with van der Waals surface area (Å²) in [5, 5.41) is 10.2. The van der Waals surface area contributed by atoms with Crippen LogP contribution in [0.4, 0.5) is 0 Å². The SMILES string of the molecule is CC(C)CCC(O)C1CCc2cccnc21. The van der Waals surface area contributed by atoms with Gasteiger partial charge in [-0.05, 0) is 43.2 Å². The van der Waals surface area contributed by atoms with Gasteiger partial charge in [0.15, 0.2) is 0 Å². The third-order valence-electron chi connectivity index (χ3n) is 3.51. The molecule has 1 heterocycles. The van der Waals surface area contributed by atoms with Crippen LogP contribution in [-0.4, -0.2) is 16.2 Å². The Morgan fingerprint density at radius 1 is 1.44 bits per heavy atom. The molecule has 0 saturated heterocycles. The monoisotopic (exact) mass is 219 g/mol. The average molecular weight is 219 g/mol. The largest absolute Gasteiger partial charge is 0.392 e. The lowest BCUT2D eigenvalue weighted by molar-refractivity contribution is 0.125. The van der Waals surface area contributed by atoms with Crippen molar-refractivity contribution >= 4 is 0 Å². The van der Waals surface area contributed by atoms with Gasteiger partial charge in [0.25, 0.3) is 0 Å². The summed E-state index contributed by atoms with van der Waals surface area (Å²) in [6.07, 6.45) is 5.77. The van der Waals surface area contributed by atoms with E-state index >= 15 is 0 Å². The predicted molar refractivity (Wildman–Crippen MR) is 65.4 cm³/mol. The van der Waals surface area contributed by atoms with Gasteiger partial charge in [0.05, 0.1) is 6.10 Å². The van der Waals surface area contributed by atoms with Gasteiger partial charge in [0, 0.05) is 17.8 Å². The van der Waals surface area contributed by atoms with Crippen LogP contribution in [0, 0.1) is 5.92 Å². The Kier molecular flexibility index (Phi) is 3.59. The van der Waals surface area contributed by atoms with E-state index in [0.717, 1.165) is 31.4 Å². The fraction of sp³-hybridized carbons (Fsp3) is 0.643.